The molecule has 0 spiro atoms. The third-order valence-corrected chi connectivity index (χ3v) is 7.09. The van der Waals surface area contributed by atoms with Gasteiger partial charge in [0.05, 0.1) is 17.5 Å². The number of rotatable bonds is 4. The van der Waals surface area contributed by atoms with Crippen LogP contribution in [0.1, 0.15) is 46.2 Å². The summed E-state index contributed by atoms with van der Waals surface area (Å²) in [5.41, 5.74) is 6.02. The van der Waals surface area contributed by atoms with Crippen molar-refractivity contribution in [1.29, 1.82) is 0 Å². The number of aromatic nitrogens is 2. The van der Waals surface area contributed by atoms with Crippen LogP contribution in [0, 0.1) is 5.92 Å². The highest BCUT2D eigenvalue weighted by molar-refractivity contribution is 5.88. The lowest BCUT2D eigenvalue weighted by Gasteiger charge is -2.45. The van der Waals surface area contributed by atoms with Crippen LogP contribution in [0.4, 0.5) is 0 Å². The molecule has 32 heavy (non-hydrogen) atoms. The molecule has 3 aliphatic carbocycles. The molecule has 0 aliphatic heterocycles. The summed E-state index contributed by atoms with van der Waals surface area (Å²) >= 11 is 0. The molecule has 2 N–H and O–H groups in total. The van der Waals surface area contributed by atoms with Gasteiger partial charge in [-0.3, -0.25) is 9.59 Å². The van der Waals surface area contributed by atoms with E-state index in [0.29, 0.717) is 35.4 Å². The highest BCUT2D eigenvalue weighted by Gasteiger charge is 2.42. The summed E-state index contributed by atoms with van der Waals surface area (Å²) in [5, 5.41) is 11.1. The number of H-pyrrole nitrogens is 1. The molecule has 0 fully saturated rings. The van der Waals surface area contributed by atoms with E-state index in [1.807, 2.05) is 18.2 Å². The summed E-state index contributed by atoms with van der Waals surface area (Å²) in [6, 6.07) is 24.7. The number of hydrogen-bond donors (Lipinski definition) is 2. The van der Waals surface area contributed by atoms with E-state index in [-0.39, 0.29) is 17.9 Å². The topological polar surface area (TPSA) is 74.8 Å². The van der Waals surface area contributed by atoms with Crippen molar-refractivity contribution in [1.82, 2.24) is 15.5 Å². The predicted octanol–water partition coefficient (Wildman–Crippen LogP) is 3.88. The first-order valence-corrected chi connectivity index (χ1v) is 11.1. The number of fused-ring (bicyclic) bond motifs is 2. The lowest BCUT2D eigenvalue weighted by molar-refractivity contribution is -0.120. The maximum Gasteiger partial charge on any atom is 0.272 e. The van der Waals surface area contributed by atoms with Gasteiger partial charge >= 0.3 is 0 Å². The van der Waals surface area contributed by atoms with E-state index >= 15 is 0 Å². The van der Waals surface area contributed by atoms with Gasteiger partial charge in [0.1, 0.15) is 0 Å². The van der Waals surface area contributed by atoms with Crippen LogP contribution in [-0.2, 0) is 11.2 Å². The van der Waals surface area contributed by atoms with Crippen molar-refractivity contribution in [3.8, 4) is 0 Å². The van der Waals surface area contributed by atoms with Gasteiger partial charge in [-0.05, 0) is 40.7 Å². The van der Waals surface area contributed by atoms with Gasteiger partial charge in [-0.2, -0.15) is 5.10 Å². The molecule has 1 aromatic heterocycles. The predicted molar refractivity (Wildman–Crippen MR) is 124 cm³/mol. The Morgan fingerprint density at radius 3 is 2.16 bits per heavy atom. The van der Waals surface area contributed by atoms with Crippen LogP contribution in [0.3, 0.4) is 0 Å². The van der Waals surface area contributed by atoms with Crippen molar-refractivity contribution in [2.24, 2.45) is 5.92 Å². The Morgan fingerprint density at radius 2 is 1.47 bits per heavy atom. The molecule has 3 aliphatic rings. The minimum absolute atomic E-state index is 0.0716. The molecule has 7 rings (SSSR count). The monoisotopic (exact) mass is 421 g/mol. The summed E-state index contributed by atoms with van der Waals surface area (Å²) in [5.74, 6) is 0.977. The van der Waals surface area contributed by atoms with Crippen molar-refractivity contribution < 1.29 is 4.79 Å². The lowest BCUT2D eigenvalue weighted by atomic mass is 9.59. The molecule has 3 aromatic carbocycles. The molecule has 158 valence electrons. The molecule has 0 radical (unpaired) electrons. The smallest absolute Gasteiger partial charge is 0.272 e. The third kappa shape index (κ3) is 2.96. The van der Waals surface area contributed by atoms with Crippen LogP contribution in [0.15, 0.2) is 77.6 Å². The number of carbonyl (C=O) groups is 1. The van der Waals surface area contributed by atoms with Gasteiger partial charge in [0.2, 0.25) is 5.91 Å². The number of hydrogen-bond acceptors (Lipinski definition) is 3. The molecule has 1 atom stereocenters. The average Bonchev–Trinajstić information content (AvgIpc) is 2.85. The zero-order valence-corrected chi connectivity index (χ0v) is 17.5. The van der Waals surface area contributed by atoms with E-state index in [1.165, 1.54) is 22.3 Å². The van der Waals surface area contributed by atoms with Crippen LogP contribution < -0.4 is 10.9 Å². The highest BCUT2D eigenvalue weighted by Crippen LogP contribution is 2.55. The van der Waals surface area contributed by atoms with E-state index in [1.54, 1.807) is 6.07 Å². The van der Waals surface area contributed by atoms with Crippen molar-refractivity contribution in [2.45, 2.75) is 24.7 Å². The SMILES string of the molecule is O=C(Cc1n[nH]c(=O)c2ccccc12)NCC1CC2c3ccccc3C1c1ccccc12. The third-order valence-electron chi connectivity index (χ3n) is 7.09. The summed E-state index contributed by atoms with van der Waals surface area (Å²) in [6.07, 6.45) is 1.18. The fourth-order valence-corrected chi connectivity index (χ4v) is 5.73. The second kappa shape index (κ2) is 7.45. The van der Waals surface area contributed by atoms with Crippen molar-refractivity contribution in [3.05, 3.63) is 111 Å². The van der Waals surface area contributed by atoms with Gasteiger partial charge in [-0.1, -0.05) is 66.7 Å². The standard InChI is InChI=1S/C27H23N3O2/c31-25(14-24-19-9-3-6-12-22(19)27(32)30-29-24)28-15-16-13-23-17-7-1-4-10-20(17)26(16)21-11-5-2-8-18(21)23/h1-12,16,23,26H,13-15H2,(H,28,31)(H,30,32). The molecule has 0 saturated heterocycles. The van der Waals surface area contributed by atoms with E-state index in [9.17, 15) is 9.59 Å². The lowest BCUT2D eigenvalue weighted by Crippen LogP contribution is -2.39. The zero-order valence-electron chi connectivity index (χ0n) is 17.5. The molecule has 0 saturated carbocycles. The van der Waals surface area contributed by atoms with Crippen LogP contribution in [0.2, 0.25) is 0 Å². The Balaban J connectivity index is 1.23. The molecular formula is C27H23N3O2. The van der Waals surface area contributed by atoms with Crippen molar-refractivity contribution in [3.63, 3.8) is 0 Å². The quantitative estimate of drug-likeness (QED) is 0.525. The Kier molecular flexibility index (Phi) is 4.42. The number of nitrogens with one attached hydrogen (secondary N) is 2. The second-order valence-electron chi connectivity index (χ2n) is 8.81. The number of amides is 1. The maximum atomic E-state index is 12.8. The highest BCUT2D eigenvalue weighted by atomic mass is 16.1. The van der Waals surface area contributed by atoms with Gasteiger partial charge in [-0.25, -0.2) is 5.10 Å². The van der Waals surface area contributed by atoms with E-state index in [2.05, 4.69) is 64.0 Å². The molecular weight excluding hydrogens is 398 g/mol. The molecule has 2 bridgehead atoms. The van der Waals surface area contributed by atoms with Gasteiger partial charge in [0, 0.05) is 23.8 Å². The molecule has 1 amide bonds. The second-order valence-corrected chi connectivity index (χ2v) is 8.81. The van der Waals surface area contributed by atoms with E-state index < -0.39 is 0 Å². The van der Waals surface area contributed by atoms with Crippen LogP contribution in [0.25, 0.3) is 10.8 Å². The largest absolute Gasteiger partial charge is 0.355 e. The molecule has 5 nitrogen and oxygen atoms in total. The molecule has 5 heteroatoms. The minimum atomic E-state index is -0.236. The summed E-state index contributed by atoms with van der Waals surface area (Å²) < 4.78 is 0. The normalized spacial score (nSPS) is 20.6. The maximum absolute atomic E-state index is 12.8. The number of carbonyl (C=O) groups excluding carboxylic acids is 1. The van der Waals surface area contributed by atoms with Crippen molar-refractivity contribution >= 4 is 16.7 Å². The minimum Gasteiger partial charge on any atom is -0.355 e. The number of nitrogens with zero attached hydrogens (tertiary/aromatic N) is 1. The van der Waals surface area contributed by atoms with Gasteiger partial charge in [-0.15, -0.1) is 0 Å². The number of aromatic amines is 1. The fourth-order valence-electron chi connectivity index (χ4n) is 5.73. The van der Waals surface area contributed by atoms with Gasteiger partial charge < -0.3 is 5.32 Å². The summed E-state index contributed by atoms with van der Waals surface area (Å²) in [6.45, 7) is 0.629. The summed E-state index contributed by atoms with van der Waals surface area (Å²) in [7, 11) is 0. The Morgan fingerprint density at radius 1 is 0.875 bits per heavy atom. The van der Waals surface area contributed by atoms with Crippen LogP contribution in [-0.4, -0.2) is 22.6 Å². The zero-order chi connectivity index (χ0) is 21.7. The van der Waals surface area contributed by atoms with E-state index in [0.717, 1.165) is 11.8 Å². The molecule has 1 unspecified atom stereocenters. The Hall–Kier alpha value is -3.73. The first-order valence-electron chi connectivity index (χ1n) is 11.1. The molecule has 1 heterocycles. The van der Waals surface area contributed by atoms with E-state index in [4.69, 9.17) is 0 Å². The first kappa shape index (κ1) is 19.0. The first-order chi connectivity index (χ1) is 15.7. The molecule has 4 aromatic rings. The van der Waals surface area contributed by atoms with Gasteiger partial charge in [0.15, 0.2) is 0 Å². The Bertz CT molecular complexity index is 1360. The Labute approximate surface area is 185 Å². The van der Waals surface area contributed by atoms with Crippen LogP contribution in [0.5, 0.6) is 0 Å². The van der Waals surface area contributed by atoms with Crippen molar-refractivity contribution in [2.75, 3.05) is 6.54 Å². The summed E-state index contributed by atoms with van der Waals surface area (Å²) in [4.78, 5) is 24.8. The average molecular weight is 422 g/mol. The fraction of sp³-hybridized carbons (Fsp3) is 0.222. The number of benzene rings is 3. The van der Waals surface area contributed by atoms with Gasteiger partial charge in [0.25, 0.3) is 5.56 Å². The van der Waals surface area contributed by atoms with Crippen LogP contribution >= 0.6 is 0 Å².